The molecule has 4 aromatic rings. The maximum absolute atomic E-state index is 13.9. The predicted molar refractivity (Wildman–Crippen MR) is 267 cm³/mol. The highest BCUT2D eigenvalue weighted by Crippen LogP contribution is 2.14. The molecule has 0 fully saturated rings. The van der Waals surface area contributed by atoms with Crippen molar-refractivity contribution in [3.05, 3.63) is 126 Å². The van der Waals surface area contributed by atoms with Crippen LogP contribution in [0.1, 0.15) is 77.3 Å². The lowest BCUT2D eigenvalue weighted by atomic mass is 10.0. The summed E-state index contributed by atoms with van der Waals surface area (Å²) < 4.78 is 22.5. The number of nitrogens with one attached hydrogen (secondary N) is 6. The average Bonchev–Trinajstić information content (AvgIpc) is 3.82. The molecular weight excluding hydrogens is 977 g/mol. The highest BCUT2D eigenvalue weighted by molar-refractivity contribution is 5.97. The number of aliphatic hydroxyl groups excluding tert-OH is 2. The Hall–Kier alpha value is -8.18. The van der Waals surface area contributed by atoms with Gasteiger partial charge in [-0.15, -0.1) is 0 Å². The lowest BCUT2D eigenvalue weighted by Crippen LogP contribution is -2.59. The fraction of sp³-hybridized carbons (Fsp3) is 0.423. The highest BCUT2D eigenvalue weighted by Gasteiger charge is 2.35. The second kappa shape index (κ2) is 28.3. The number of aromatic nitrogens is 2. The highest BCUT2D eigenvalue weighted by atomic mass is 16.6. The topological polar surface area (TPSA) is 321 Å². The summed E-state index contributed by atoms with van der Waals surface area (Å²) in [5.74, 6) is -7.10. The van der Waals surface area contributed by atoms with Gasteiger partial charge in [-0.3, -0.25) is 28.8 Å². The van der Waals surface area contributed by atoms with E-state index in [-0.39, 0.29) is 31.7 Å². The number of ether oxygens (including phenoxy) is 4. The molecule has 1 heterocycles. The van der Waals surface area contributed by atoms with E-state index >= 15 is 0 Å². The quantitative estimate of drug-likeness (QED) is 0.0365. The normalized spacial score (nSPS) is 13.7. The van der Waals surface area contributed by atoms with E-state index in [1.807, 2.05) is 0 Å². The lowest BCUT2D eigenvalue weighted by Gasteiger charge is -2.27. The van der Waals surface area contributed by atoms with Gasteiger partial charge < -0.3 is 61.1 Å². The van der Waals surface area contributed by atoms with Gasteiger partial charge in [0.1, 0.15) is 61.0 Å². The van der Waals surface area contributed by atoms with Gasteiger partial charge in [0.15, 0.2) is 0 Å². The molecule has 0 radical (unpaired) electrons. The van der Waals surface area contributed by atoms with Gasteiger partial charge in [-0.1, -0.05) is 91.0 Å². The minimum absolute atomic E-state index is 0.00663. The average molecular weight is 1040 g/mol. The molecule has 0 aliphatic rings. The van der Waals surface area contributed by atoms with Crippen molar-refractivity contribution in [2.24, 2.45) is 0 Å². The Morgan fingerprint density at radius 1 is 0.600 bits per heavy atom. The van der Waals surface area contributed by atoms with Crippen molar-refractivity contribution in [1.29, 1.82) is 0 Å². The van der Waals surface area contributed by atoms with E-state index in [2.05, 4.69) is 36.9 Å². The van der Waals surface area contributed by atoms with Gasteiger partial charge in [0.25, 0.3) is 0 Å². The van der Waals surface area contributed by atoms with Crippen LogP contribution in [0.2, 0.25) is 0 Å². The largest absolute Gasteiger partial charge is 0.460 e. The summed E-state index contributed by atoms with van der Waals surface area (Å²) in [4.78, 5) is 124. The van der Waals surface area contributed by atoms with Gasteiger partial charge in [0.2, 0.25) is 29.5 Å². The Kier molecular flexibility index (Phi) is 22.4. The van der Waals surface area contributed by atoms with E-state index in [0.29, 0.717) is 11.1 Å². The van der Waals surface area contributed by atoms with Gasteiger partial charge in [-0.2, -0.15) is 0 Å². The van der Waals surface area contributed by atoms with Crippen molar-refractivity contribution in [3.8, 4) is 0 Å². The van der Waals surface area contributed by atoms with Gasteiger partial charge in [0.05, 0.1) is 31.4 Å². The fourth-order valence-electron chi connectivity index (χ4n) is 6.78. The van der Waals surface area contributed by atoms with E-state index in [1.165, 1.54) is 13.1 Å². The number of hydrogen-bond donors (Lipinski definition) is 8. The third-order valence-electron chi connectivity index (χ3n) is 10.3. The molecule has 0 bridgehead atoms. The Morgan fingerprint density at radius 2 is 1.12 bits per heavy atom. The number of rotatable bonds is 24. The van der Waals surface area contributed by atoms with Crippen LogP contribution in [0.5, 0.6) is 0 Å². The van der Waals surface area contributed by atoms with Crippen LogP contribution in [0.3, 0.4) is 0 Å². The SMILES string of the molecule is C[C@@H](O)[C@H](NC(=O)CNC(=O)[C@H](CC(=O)OC(C)(C)C)NC(=O)[C@H](CO)NC(=O)[C@H](Cc1cn(C(=O)OCc2ccccc2)cn1)NC(=O)OCc1ccccc1)C(=O)N[C@@H](Cc1ccccc1)C(=O)OC(C)(C)C. The molecule has 404 valence electrons. The van der Waals surface area contributed by atoms with Crippen LogP contribution in [0.15, 0.2) is 104 Å². The van der Waals surface area contributed by atoms with E-state index in [4.69, 9.17) is 18.9 Å². The second-order valence-electron chi connectivity index (χ2n) is 19.2. The molecule has 4 rings (SSSR count). The molecule has 0 aliphatic carbocycles. The van der Waals surface area contributed by atoms with E-state index in [0.717, 1.165) is 16.5 Å². The predicted octanol–water partition coefficient (Wildman–Crippen LogP) is 1.65. The van der Waals surface area contributed by atoms with Crippen LogP contribution in [0.25, 0.3) is 0 Å². The number of benzene rings is 3. The zero-order valence-corrected chi connectivity index (χ0v) is 42.8. The van der Waals surface area contributed by atoms with Crippen molar-refractivity contribution in [2.75, 3.05) is 13.2 Å². The molecule has 6 atom stereocenters. The molecule has 23 heteroatoms. The number of carbonyl (C=O) groups excluding carboxylic acids is 9. The maximum Gasteiger partial charge on any atom is 0.419 e. The van der Waals surface area contributed by atoms with Gasteiger partial charge in [-0.05, 0) is 65.2 Å². The third kappa shape index (κ3) is 21.4. The number of imidazole rings is 1. The van der Waals surface area contributed by atoms with E-state index < -0.39 is 121 Å². The van der Waals surface area contributed by atoms with Crippen LogP contribution in [-0.2, 0) is 78.6 Å². The van der Waals surface area contributed by atoms with Crippen molar-refractivity contribution in [3.63, 3.8) is 0 Å². The zero-order chi connectivity index (χ0) is 55.3. The second-order valence-corrected chi connectivity index (χ2v) is 19.2. The monoisotopic (exact) mass is 1040 g/mol. The van der Waals surface area contributed by atoms with Crippen molar-refractivity contribution in [2.45, 2.75) is 128 Å². The first kappa shape index (κ1) is 59.4. The van der Waals surface area contributed by atoms with Gasteiger partial charge >= 0.3 is 24.1 Å². The number of carbonyl (C=O) groups is 9. The van der Waals surface area contributed by atoms with Crippen molar-refractivity contribution >= 4 is 53.7 Å². The summed E-state index contributed by atoms with van der Waals surface area (Å²) in [6.45, 7) is 8.63. The first-order valence-corrected chi connectivity index (χ1v) is 23.9. The number of amides is 6. The molecule has 23 nitrogen and oxygen atoms in total. The van der Waals surface area contributed by atoms with Crippen LogP contribution in [0, 0.1) is 0 Å². The molecule has 6 amide bonds. The lowest BCUT2D eigenvalue weighted by molar-refractivity contribution is -0.159. The van der Waals surface area contributed by atoms with Crippen molar-refractivity contribution in [1.82, 2.24) is 41.5 Å². The number of esters is 2. The Balaban J connectivity index is 1.47. The van der Waals surface area contributed by atoms with E-state index in [1.54, 1.807) is 133 Å². The molecule has 1 aromatic heterocycles. The molecule has 0 saturated carbocycles. The first-order chi connectivity index (χ1) is 35.4. The summed E-state index contributed by atoms with van der Waals surface area (Å²) in [5, 5.41) is 35.0. The van der Waals surface area contributed by atoms with Crippen molar-refractivity contribution < 1.29 is 72.3 Å². The molecule has 0 unspecified atom stereocenters. The molecule has 75 heavy (non-hydrogen) atoms. The van der Waals surface area contributed by atoms with Gasteiger partial charge in [0, 0.05) is 19.0 Å². The van der Waals surface area contributed by atoms with Crippen LogP contribution in [0.4, 0.5) is 9.59 Å². The Bertz CT molecular complexity index is 2560. The first-order valence-electron chi connectivity index (χ1n) is 23.9. The van der Waals surface area contributed by atoms with Crippen LogP contribution < -0.4 is 31.9 Å². The number of hydrogen-bond acceptors (Lipinski definition) is 16. The smallest absolute Gasteiger partial charge is 0.419 e. The summed E-state index contributed by atoms with van der Waals surface area (Å²) in [7, 11) is 0. The molecule has 8 N–H and O–H groups in total. The van der Waals surface area contributed by atoms with E-state index in [9.17, 15) is 53.4 Å². The molecule has 0 aliphatic heterocycles. The van der Waals surface area contributed by atoms with Crippen LogP contribution in [-0.4, -0.2) is 134 Å². The summed E-state index contributed by atoms with van der Waals surface area (Å²) >= 11 is 0. The number of nitrogens with zero attached hydrogens (tertiary/aromatic N) is 2. The molecular formula is C52H66N8O15. The number of alkyl carbamates (subject to hydrolysis) is 1. The Labute approximate surface area is 433 Å². The maximum atomic E-state index is 13.9. The third-order valence-corrected chi connectivity index (χ3v) is 10.3. The standard InChI is InChI=1S/C52H66N8O15/c1-32(62)43(47(68)56-39(48(69)75-52(5,6)7)23-33-17-11-8-12-18-33)59-41(63)26-53-44(65)38(25-42(64)74-51(2,3)4)55-46(67)40(28-61)57-45(66)37(58-49(70)72-29-34-19-13-9-14-20-34)24-36-27-60(31-54-36)50(71)73-30-35-21-15-10-16-22-35/h8-22,27,31-32,37-40,43,61-62H,23-26,28-30H2,1-7H3,(H,53,65)(H,55,67)(H,56,68)(H,57,66)(H,58,70)(H,59,63)/t32-,37+,38+,39+,40+,43+/m1/s1. The molecule has 0 spiro atoms. The number of aliphatic hydroxyl groups is 2. The summed E-state index contributed by atoms with van der Waals surface area (Å²) in [6.07, 6.45) is -2.18. The van der Waals surface area contributed by atoms with Crippen LogP contribution >= 0.6 is 0 Å². The minimum atomic E-state index is -1.83. The molecule has 0 saturated heterocycles. The fourth-order valence-corrected chi connectivity index (χ4v) is 6.78. The molecule has 3 aromatic carbocycles. The minimum Gasteiger partial charge on any atom is -0.460 e. The summed E-state index contributed by atoms with van der Waals surface area (Å²) in [6, 6.07) is 18.1. The zero-order valence-electron chi connectivity index (χ0n) is 42.8. The Morgan fingerprint density at radius 3 is 1.67 bits per heavy atom. The summed E-state index contributed by atoms with van der Waals surface area (Å²) in [5.41, 5.74) is 0.158. The van der Waals surface area contributed by atoms with Gasteiger partial charge in [-0.25, -0.2) is 23.9 Å².